The Labute approximate surface area is 145 Å². The average molecular weight is 356 g/mol. The van der Waals surface area contributed by atoms with Crippen LogP contribution >= 0.6 is 0 Å². The van der Waals surface area contributed by atoms with Gasteiger partial charge in [-0.3, -0.25) is 9.58 Å². The molecular weight excluding hydrogens is 326 g/mol. The topological polar surface area (TPSA) is 61.7 Å². The van der Waals surface area contributed by atoms with E-state index in [4.69, 9.17) is 0 Å². The first-order chi connectivity index (χ1) is 11.6. The lowest BCUT2D eigenvalue weighted by molar-refractivity contribution is 0.269. The minimum Gasteiger partial charge on any atom is -0.296 e. The zero-order chi connectivity index (χ0) is 17.0. The Morgan fingerprint density at radius 2 is 1.67 bits per heavy atom. The van der Waals surface area contributed by atoms with Crippen LogP contribution in [0.2, 0.25) is 0 Å². The molecule has 24 heavy (non-hydrogen) atoms. The Morgan fingerprint density at radius 1 is 0.958 bits per heavy atom. The van der Waals surface area contributed by atoms with Crippen molar-refractivity contribution in [3.05, 3.63) is 18.0 Å². The standard InChI is InChI=1S/C16H29N5O2S/c1-2-19-12-7-16(17-19)15-18-8-6-11-21(14-13-18)24(22,23)20-9-4-3-5-10-20/h7,12H,2-6,8-11,13-15H2,1H3. The van der Waals surface area contributed by atoms with E-state index in [0.717, 1.165) is 57.6 Å². The van der Waals surface area contributed by atoms with Crippen molar-refractivity contribution in [3.63, 3.8) is 0 Å². The van der Waals surface area contributed by atoms with Crippen molar-refractivity contribution < 1.29 is 8.42 Å². The van der Waals surface area contributed by atoms with Gasteiger partial charge in [0.1, 0.15) is 0 Å². The molecule has 2 aliphatic rings. The van der Waals surface area contributed by atoms with E-state index in [1.807, 2.05) is 10.9 Å². The molecule has 2 saturated heterocycles. The summed E-state index contributed by atoms with van der Waals surface area (Å²) in [6.45, 7) is 8.00. The van der Waals surface area contributed by atoms with Crippen molar-refractivity contribution in [2.24, 2.45) is 0 Å². The zero-order valence-electron chi connectivity index (χ0n) is 14.6. The van der Waals surface area contributed by atoms with Crippen LogP contribution in [-0.2, 0) is 23.3 Å². The molecule has 2 fully saturated rings. The number of rotatable bonds is 5. The van der Waals surface area contributed by atoms with Crippen LogP contribution in [0.5, 0.6) is 0 Å². The van der Waals surface area contributed by atoms with Gasteiger partial charge in [0.05, 0.1) is 5.69 Å². The maximum atomic E-state index is 12.8. The Hall–Kier alpha value is -0.960. The first-order valence-corrected chi connectivity index (χ1v) is 10.5. The van der Waals surface area contributed by atoms with Gasteiger partial charge in [0.15, 0.2) is 0 Å². The van der Waals surface area contributed by atoms with E-state index in [1.165, 1.54) is 0 Å². The lowest BCUT2D eigenvalue weighted by Crippen LogP contribution is -2.47. The molecule has 0 unspecified atom stereocenters. The molecule has 1 aromatic heterocycles. The van der Waals surface area contributed by atoms with E-state index in [9.17, 15) is 8.42 Å². The summed E-state index contributed by atoms with van der Waals surface area (Å²) in [6, 6.07) is 2.05. The predicted molar refractivity (Wildman–Crippen MR) is 93.7 cm³/mol. The molecule has 0 atom stereocenters. The summed E-state index contributed by atoms with van der Waals surface area (Å²) in [5.74, 6) is 0. The summed E-state index contributed by atoms with van der Waals surface area (Å²) in [4.78, 5) is 2.31. The highest BCUT2D eigenvalue weighted by Crippen LogP contribution is 2.18. The molecule has 0 bridgehead atoms. The van der Waals surface area contributed by atoms with Crippen LogP contribution in [0.3, 0.4) is 0 Å². The number of aromatic nitrogens is 2. The summed E-state index contributed by atoms with van der Waals surface area (Å²) >= 11 is 0. The molecule has 7 nitrogen and oxygen atoms in total. The second-order valence-corrected chi connectivity index (χ2v) is 8.59. The third-order valence-corrected chi connectivity index (χ3v) is 6.96. The van der Waals surface area contributed by atoms with Crippen molar-refractivity contribution in [2.45, 2.75) is 45.7 Å². The summed E-state index contributed by atoms with van der Waals surface area (Å²) < 4.78 is 30.9. The van der Waals surface area contributed by atoms with Crippen LogP contribution in [0.25, 0.3) is 0 Å². The molecule has 0 aromatic carbocycles. The van der Waals surface area contributed by atoms with Crippen LogP contribution in [0.4, 0.5) is 0 Å². The molecule has 0 spiro atoms. The molecule has 0 saturated carbocycles. The zero-order valence-corrected chi connectivity index (χ0v) is 15.4. The third kappa shape index (κ3) is 4.17. The smallest absolute Gasteiger partial charge is 0.282 e. The molecule has 3 rings (SSSR count). The quantitative estimate of drug-likeness (QED) is 0.795. The van der Waals surface area contributed by atoms with Crippen LogP contribution < -0.4 is 0 Å². The number of hydrogen-bond donors (Lipinski definition) is 0. The number of aryl methyl sites for hydroxylation is 1. The maximum Gasteiger partial charge on any atom is 0.282 e. The third-order valence-electron chi connectivity index (χ3n) is 4.92. The Kier molecular flexibility index (Phi) is 5.91. The second kappa shape index (κ2) is 7.95. The van der Waals surface area contributed by atoms with Crippen LogP contribution in [-0.4, -0.2) is 71.0 Å². The van der Waals surface area contributed by atoms with Crippen molar-refractivity contribution in [2.75, 3.05) is 39.3 Å². The lowest BCUT2D eigenvalue weighted by Gasteiger charge is -2.31. The average Bonchev–Trinajstić information content (AvgIpc) is 2.92. The first-order valence-electron chi connectivity index (χ1n) is 9.09. The molecule has 3 heterocycles. The van der Waals surface area contributed by atoms with Crippen molar-refractivity contribution >= 4 is 10.2 Å². The van der Waals surface area contributed by atoms with E-state index >= 15 is 0 Å². The molecule has 8 heteroatoms. The largest absolute Gasteiger partial charge is 0.296 e. The van der Waals surface area contributed by atoms with Crippen molar-refractivity contribution in [1.82, 2.24) is 23.3 Å². The summed E-state index contributed by atoms with van der Waals surface area (Å²) in [5, 5.41) is 4.53. The van der Waals surface area contributed by atoms with Crippen molar-refractivity contribution in [3.8, 4) is 0 Å². The Bertz CT molecular complexity index is 624. The minimum atomic E-state index is -3.28. The molecule has 2 aliphatic heterocycles. The van der Waals surface area contributed by atoms with Gasteiger partial charge >= 0.3 is 0 Å². The molecule has 136 valence electrons. The molecule has 1 aromatic rings. The van der Waals surface area contributed by atoms with Gasteiger partial charge in [0.2, 0.25) is 0 Å². The minimum absolute atomic E-state index is 0.577. The Balaban J connectivity index is 1.58. The predicted octanol–water partition coefficient (Wildman–Crippen LogP) is 1.14. The molecule has 0 radical (unpaired) electrons. The summed E-state index contributed by atoms with van der Waals surface area (Å²) in [6.07, 6.45) is 5.99. The number of hydrogen-bond acceptors (Lipinski definition) is 4. The lowest BCUT2D eigenvalue weighted by atomic mass is 10.2. The van der Waals surface area contributed by atoms with Crippen LogP contribution in [0, 0.1) is 0 Å². The number of piperidine rings is 1. The van der Waals surface area contributed by atoms with E-state index in [0.29, 0.717) is 26.2 Å². The van der Waals surface area contributed by atoms with E-state index in [-0.39, 0.29) is 0 Å². The highest BCUT2D eigenvalue weighted by Gasteiger charge is 2.31. The van der Waals surface area contributed by atoms with Crippen LogP contribution in [0.15, 0.2) is 12.3 Å². The maximum absolute atomic E-state index is 12.8. The molecular formula is C16H29N5O2S. The fourth-order valence-electron chi connectivity index (χ4n) is 3.49. The number of nitrogens with zero attached hydrogens (tertiary/aromatic N) is 5. The summed E-state index contributed by atoms with van der Waals surface area (Å²) in [7, 11) is -3.28. The second-order valence-electron chi connectivity index (χ2n) is 6.66. The highest BCUT2D eigenvalue weighted by molar-refractivity contribution is 7.86. The summed E-state index contributed by atoms with van der Waals surface area (Å²) in [5.41, 5.74) is 1.06. The van der Waals surface area contributed by atoms with Gasteiger partial charge in [0, 0.05) is 52.0 Å². The van der Waals surface area contributed by atoms with Crippen LogP contribution in [0.1, 0.15) is 38.3 Å². The first kappa shape index (κ1) is 17.8. The SMILES string of the molecule is CCn1ccc(CN2CCCN(S(=O)(=O)N3CCCCC3)CC2)n1. The Morgan fingerprint density at radius 3 is 2.38 bits per heavy atom. The van der Waals surface area contributed by atoms with E-state index in [2.05, 4.69) is 23.0 Å². The van der Waals surface area contributed by atoms with Gasteiger partial charge in [-0.25, -0.2) is 0 Å². The van der Waals surface area contributed by atoms with E-state index in [1.54, 1.807) is 8.61 Å². The van der Waals surface area contributed by atoms with Gasteiger partial charge in [-0.05, 0) is 38.8 Å². The monoisotopic (exact) mass is 355 g/mol. The normalized spacial score (nSPS) is 22.5. The fraction of sp³-hybridized carbons (Fsp3) is 0.812. The van der Waals surface area contributed by atoms with Gasteiger partial charge in [-0.2, -0.15) is 22.1 Å². The van der Waals surface area contributed by atoms with Gasteiger partial charge in [-0.1, -0.05) is 6.42 Å². The fourth-order valence-corrected chi connectivity index (χ4v) is 5.21. The van der Waals surface area contributed by atoms with Gasteiger partial charge in [0.25, 0.3) is 10.2 Å². The van der Waals surface area contributed by atoms with Gasteiger partial charge < -0.3 is 0 Å². The molecule has 0 amide bonds. The van der Waals surface area contributed by atoms with Crippen molar-refractivity contribution in [1.29, 1.82) is 0 Å². The molecule has 0 aliphatic carbocycles. The van der Waals surface area contributed by atoms with Gasteiger partial charge in [-0.15, -0.1) is 0 Å². The molecule has 0 N–H and O–H groups in total. The highest BCUT2D eigenvalue weighted by atomic mass is 32.2. The van der Waals surface area contributed by atoms with E-state index < -0.39 is 10.2 Å².